The summed E-state index contributed by atoms with van der Waals surface area (Å²) >= 11 is 11.6. The van der Waals surface area contributed by atoms with E-state index in [1.54, 1.807) is 6.20 Å². The van der Waals surface area contributed by atoms with E-state index in [4.69, 9.17) is 23.8 Å². The fraction of sp³-hybridized carbons (Fsp3) is 0.136. The van der Waals surface area contributed by atoms with E-state index in [2.05, 4.69) is 39.9 Å². The molecule has 4 aromatic rings. The van der Waals surface area contributed by atoms with Crippen molar-refractivity contribution in [1.82, 2.24) is 19.6 Å². The number of nitrogens with one attached hydrogen (secondary N) is 2. The molecule has 0 unspecified atom stereocenters. The van der Waals surface area contributed by atoms with Crippen molar-refractivity contribution in [1.29, 1.82) is 0 Å². The highest BCUT2D eigenvalue weighted by Gasteiger charge is 2.07. The van der Waals surface area contributed by atoms with E-state index in [9.17, 15) is 0 Å². The Morgan fingerprint density at radius 1 is 0.967 bits per heavy atom. The normalized spacial score (nSPS) is 10.7. The number of rotatable bonds is 6. The molecule has 2 aromatic carbocycles. The molecule has 0 aliphatic heterocycles. The number of aryl methyl sites for hydroxylation is 1. The maximum atomic E-state index is 6.22. The van der Waals surface area contributed by atoms with Crippen molar-refractivity contribution in [2.75, 3.05) is 10.6 Å². The first-order valence-corrected chi connectivity index (χ1v) is 10.3. The van der Waals surface area contributed by atoms with Crippen LogP contribution in [0.15, 0.2) is 73.2 Å². The zero-order valence-corrected chi connectivity index (χ0v) is 18.0. The molecule has 2 N–H and O–H groups in total. The molecule has 8 heteroatoms. The second kappa shape index (κ2) is 9.11. The molecule has 0 saturated carbocycles. The number of hydrogen-bond donors (Lipinski definition) is 2. The molecule has 6 nitrogen and oxygen atoms in total. The maximum Gasteiger partial charge on any atom is 0.176 e. The van der Waals surface area contributed by atoms with Crippen LogP contribution in [0.1, 0.15) is 16.7 Å². The van der Waals surface area contributed by atoms with Crippen LogP contribution in [-0.2, 0) is 13.1 Å². The van der Waals surface area contributed by atoms with Crippen LogP contribution in [0.3, 0.4) is 0 Å². The van der Waals surface area contributed by atoms with Gasteiger partial charge in [0.1, 0.15) is 0 Å². The second-order valence-corrected chi connectivity index (χ2v) is 7.74. The Labute approximate surface area is 185 Å². The van der Waals surface area contributed by atoms with Gasteiger partial charge in [0, 0.05) is 23.5 Å². The highest BCUT2D eigenvalue weighted by molar-refractivity contribution is 7.80. The quantitative estimate of drug-likeness (QED) is 0.419. The predicted octanol–water partition coefficient (Wildman–Crippen LogP) is 4.95. The minimum absolute atomic E-state index is 0.452. The molecule has 0 amide bonds. The summed E-state index contributed by atoms with van der Waals surface area (Å²) < 4.78 is 3.69. The van der Waals surface area contributed by atoms with E-state index in [0.29, 0.717) is 24.0 Å². The number of thiocarbonyl (C=S) groups is 1. The summed E-state index contributed by atoms with van der Waals surface area (Å²) in [5, 5.41) is 16.3. The third-order valence-corrected chi connectivity index (χ3v) is 5.23. The number of halogens is 1. The Balaban J connectivity index is 1.33. The maximum absolute atomic E-state index is 6.22. The molecule has 0 aliphatic rings. The van der Waals surface area contributed by atoms with E-state index in [1.807, 2.05) is 64.2 Å². The zero-order valence-electron chi connectivity index (χ0n) is 16.4. The van der Waals surface area contributed by atoms with E-state index in [-0.39, 0.29) is 0 Å². The summed E-state index contributed by atoms with van der Waals surface area (Å²) in [7, 11) is 0. The first-order chi connectivity index (χ1) is 14.6. The van der Waals surface area contributed by atoms with E-state index < -0.39 is 0 Å². The monoisotopic (exact) mass is 436 g/mol. The van der Waals surface area contributed by atoms with Crippen LogP contribution < -0.4 is 10.6 Å². The van der Waals surface area contributed by atoms with E-state index in [1.165, 1.54) is 11.1 Å². The highest BCUT2D eigenvalue weighted by Crippen LogP contribution is 2.17. The summed E-state index contributed by atoms with van der Waals surface area (Å²) in [4.78, 5) is 0. The molecule has 0 aliphatic carbocycles. The lowest BCUT2D eigenvalue weighted by atomic mass is 10.1. The summed E-state index contributed by atoms with van der Waals surface area (Å²) in [6.07, 6.45) is 5.54. The van der Waals surface area contributed by atoms with Gasteiger partial charge in [-0.2, -0.15) is 10.2 Å². The molecule has 152 valence electrons. The van der Waals surface area contributed by atoms with Gasteiger partial charge in [0.15, 0.2) is 10.9 Å². The molecule has 0 radical (unpaired) electrons. The lowest BCUT2D eigenvalue weighted by Gasteiger charge is -2.07. The van der Waals surface area contributed by atoms with Crippen LogP contribution >= 0.6 is 23.8 Å². The topological polar surface area (TPSA) is 59.7 Å². The fourth-order valence-corrected chi connectivity index (χ4v) is 3.49. The van der Waals surface area contributed by atoms with Gasteiger partial charge in [-0.15, -0.1) is 0 Å². The molecule has 0 bridgehead atoms. The van der Waals surface area contributed by atoms with Crippen molar-refractivity contribution in [3.05, 3.63) is 94.9 Å². The SMILES string of the molecule is Cc1ccccc1Cn1ccc(NC(=S)Nc2cnn(Cc3ccccc3Cl)c2)n1. The second-order valence-electron chi connectivity index (χ2n) is 6.92. The molecule has 0 atom stereocenters. The number of aromatic nitrogens is 4. The Kier molecular flexibility index (Phi) is 6.11. The van der Waals surface area contributed by atoms with Gasteiger partial charge in [-0.25, -0.2) is 0 Å². The van der Waals surface area contributed by atoms with Gasteiger partial charge in [0.05, 0.1) is 25.0 Å². The highest BCUT2D eigenvalue weighted by atomic mass is 35.5. The number of hydrogen-bond acceptors (Lipinski definition) is 3. The lowest BCUT2D eigenvalue weighted by molar-refractivity contribution is 0.687. The number of anilines is 2. The minimum Gasteiger partial charge on any atom is -0.330 e. The number of benzene rings is 2. The van der Waals surface area contributed by atoms with Crippen molar-refractivity contribution in [2.24, 2.45) is 0 Å². The minimum atomic E-state index is 0.452. The zero-order chi connectivity index (χ0) is 20.9. The van der Waals surface area contributed by atoms with Gasteiger partial charge < -0.3 is 10.6 Å². The Morgan fingerprint density at radius 3 is 2.50 bits per heavy atom. The molecule has 2 heterocycles. The third-order valence-electron chi connectivity index (χ3n) is 4.66. The van der Waals surface area contributed by atoms with Gasteiger partial charge in [-0.3, -0.25) is 9.36 Å². The number of nitrogens with zero attached hydrogens (tertiary/aromatic N) is 4. The van der Waals surface area contributed by atoms with E-state index in [0.717, 1.165) is 16.3 Å². The summed E-state index contributed by atoms with van der Waals surface area (Å²) in [5.41, 5.74) is 4.28. The van der Waals surface area contributed by atoms with Crippen molar-refractivity contribution >= 4 is 40.4 Å². The van der Waals surface area contributed by atoms with Crippen LogP contribution in [0.5, 0.6) is 0 Å². The fourth-order valence-electron chi connectivity index (χ4n) is 3.07. The van der Waals surface area contributed by atoms with Gasteiger partial charge in [0.2, 0.25) is 0 Å². The largest absolute Gasteiger partial charge is 0.330 e. The summed E-state index contributed by atoms with van der Waals surface area (Å²) in [6.45, 7) is 3.40. The summed E-state index contributed by atoms with van der Waals surface area (Å²) in [6, 6.07) is 17.9. The molecule has 2 aromatic heterocycles. The Morgan fingerprint density at radius 2 is 1.70 bits per heavy atom. The van der Waals surface area contributed by atoms with Crippen molar-refractivity contribution in [2.45, 2.75) is 20.0 Å². The molecule has 0 fully saturated rings. The van der Waals surface area contributed by atoms with Crippen LogP contribution in [0.4, 0.5) is 11.5 Å². The predicted molar refractivity (Wildman–Crippen MR) is 125 cm³/mol. The van der Waals surface area contributed by atoms with Crippen LogP contribution in [0.25, 0.3) is 0 Å². The van der Waals surface area contributed by atoms with Crippen molar-refractivity contribution < 1.29 is 0 Å². The van der Waals surface area contributed by atoms with Gasteiger partial charge in [-0.05, 0) is 41.9 Å². The Bertz CT molecular complexity index is 1080. The molecular formula is C22H21ClN6S. The van der Waals surface area contributed by atoms with Crippen LogP contribution in [-0.4, -0.2) is 24.7 Å². The van der Waals surface area contributed by atoms with Crippen LogP contribution in [0, 0.1) is 6.92 Å². The molecule has 30 heavy (non-hydrogen) atoms. The first-order valence-electron chi connectivity index (χ1n) is 9.48. The van der Waals surface area contributed by atoms with Gasteiger partial charge in [-0.1, -0.05) is 54.1 Å². The average Bonchev–Trinajstić information content (AvgIpc) is 3.35. The lowest BCUT2D eigenvalue weighted by Crippen LogP contribution is -2.19. The summed E-state index contributed by atoms with van der Waals surface area (Å²) in [5.74, 6) is 0.685. The molecule has 0 saturated heterocycles. The smallest absolute Gasteiger partial charge is 0.176 e. The third kappa shape index (κ3) is 5.06. The standard InChI is InChI=1S/C22H21ClN6S/c1-16-6-2-3-7-17(16)13-28-11-10-21(27-28)26-22(30)25-19-12-24-29(15-19)14-18-8-4-5-9-20(18)23/h2-12,15H,13-14H2,1H3,(H2,25,26,27,30). The van der Waals surface area contributed by atoms with E-state index >= 15 is 0 Å². The Hall–Kier alpha value is -3.16. The van der Waals surface area contributed by atoms with Gasteiger partial charge in [0.25, 0.3) is 0 Å². The molecule has 0 spiro atoms. The molecular weight excluding hydrogens is 416 g/mol. The first kappa shape index (κ1) is 20.1. The van der Waals surface area contributed by atoms with Gasteiger partial charge >= 0.3 is 0 Å². The average molecular weight is 437 g/mol. The van der Waals surface area contributed by atoms with Crippen molar-refractivity contribution in [3.63, 3.8) is 0 Å². The molecule has 4 rings (SSSR count). The van der Waals surface area contributed by atoms with Crippen molar-refractivity contribution in [3.8, 4) is 0 Å². The van der Waals surface area contributed by atoms with Crippen LogP contribution in [0.2, 0.25) is 5.02 Å².